The SMILES string of the molecule is O=S1(=O)CCC(NCC(O)c2cc(Cl)ccc2Cl)CC1. The molecule has 112 valence electrons. The highest BCUT2D eigenvalue weighted by molar-refractivity contribution is 7.91. The van der Waals surface area contributed by atoms with Gasteiger partial charge in [0.2, 0.25) is 0 Å². The van der Waals surface area contributed by atoms with Gasteiger partial charge in [0.25, 0.3) is 0 Å². The first-order chi connectivity index (χ1) is 9.37. The molecule has 2 N–H and O–H groups in total. The Morgan fingerprint density at radius 2 is 1.95 bits per heavy atom. The Morgan fingerprint density at radius 3 is 2.60 bits per heavy atom. The number of hydrogen-bond acceptors (Lipinski definition) is 4. The monoisotopic (exact) mass is 337 g/mol. The van der Waals surface area contributed by atoms with E-state index in [2.05, 4.69) is 5.32 Å². The summed E-state index contributed by atoms with van der Waals surface area (Å²) in [4.78, 5) is 0. The standard InChI is InChI=1S/C13H17Cl2NO3S/c14-9-1-2-12(15)11(7-9)13(17)8-16-10-3-5-20(18,19)6-4-10/h1-2,7,10,13,16-17H,3-6,8H2. The lowest BCUT2D eigenvalue weighted by Crippen LogP contribution is -2.39. The first kappa shape index (κ1) is 16.0. The van der Waals surface area contributed by atoms with Gasteiger partial charge in [-0.15, -0.1) is 0 Å². The molecule has 0 radical (unpaired) electrons. The Kier molecular flexibility index (Phi) is 5.31. The summed E-state index contributed by atoms with van der Waals surface area (Å²) in [6.07, 6.45) is 0.399. The summed E-state index contributed by atoms with van der Waals surface area (Å²) >= 11 is 11.9. The van der Waals surface area contributed by atoms with Crippen LogP contribution in [0.15, 0.2) is 18.2 Å². The number of sulfone groups is 1. The van der Waals surface area contributed by atoms with Crippen molar-refractivity contribution in [1.29, 1.82) is 0 Å². The van der Waals surface area contributed by atoms with Gasteiger partial charge < -0.3 is 10.4 Å². The average molecular weight is 338 g/mol. The molecule has 0 amide bonds. The van der Waals surface area contributed by atoms with E-state index in [0.717, 1.165) is 0 Å². The van der Waals surface area contributed by atoms with Crippen molar-refractivity contribution in [3.05, 3.63) is 33.8 Å². The quantitative estimate of drug-likeness (QED) is 0.883. The Morgan fingerprint density at radius 1 is 1.30 bits per heavy atom. The van der Waals surface area contributed by atoms with Crippen molar-refractivity contribution in [1.82, 2.24) is 5.32 Å². The van der Waals surface area contributed by atoms with Gasteiger partial charge in [-0.2, -0.15) is 0 Å². The van der Waals surface area contributed by atoms with E-state index in [4.69, 9.17) is 23.2 Å². The Balaban J connectivity index is 1.89. The zero-order chi connectivity index (χ0) is 14.8. The van der Waals surface area contributed by atoms with Crippen LogP contribution in [0.3, 0.4) is 0 Å². The molecule has 0 spiro atoms. The van der Waals surface area contributed by atoms with Gasteiger partial charge in [-0.1, -0.05) is 23.2 Å². The van der Waals surface area contributed by atoms with Crippen LogP contribution >= 0.6 is 23.2 Å². The van der Waals surface area contributed by atoms with Crippen molar-refractivity contribution < 1.29 is 13.5 Å². The second kappa shape index (κ2) is 6.62. The molecule has 1 aromatic rings. The zero-order valence-electron chi connectivity index (χ0n) is 10.9. The fourth-order valence-electron chi connectivity index (χ4n) is 2.25. The maximum absolute atomic E-state index is 11.3. The van der Waals surface area contributed by atoms with Crippen molar-refractivity contribution in [3.8, 4) is 0 Å². The molecule has 7 heteroatoms. The number of benzene rings is 1. The predicted octanol–water partition coefficient (Wildman–Crippen LogP) is 2.19. The fourth-order valence-corrected chi connectivity index (χ4v) is 4.17. The van der Waals surface area contributed by atoms with Gasteiger partial charge >= 0.3 is 0 Å². The third kappa shape index (κ3) is 4.33. The molecule has 1 saturated heterocycles. The highest BCUT2D eigenvalue weighted by Gasteiger charge is 2.24. The Labute approximate surface area is 129 Å². The number of rotatable bonds is 4. The van der Waals surface area contributed by atoms with E-state index in [-0.39, 0.29) is 17.5 Å². The number of aliphatic hydroxyl groups is 1. The molecule has 2 rings (SSSR count). The van der Waals surface area contributed by atoms with E-state index in [1.165, 1.54) is 0 Å². The van der Waals surface area contributed by atoms with Gasteiger partial charge in [-0.25, -0.2) is 8.42 Å². The van der Waals surface area contributed by atoms with Crippen molar-refractivity contribution >= 4 is 33.0 Å². The van der Waals surface area contributed by atoms with Crippen LogP contribution in [0.25, 0.3) is 0 Å². The van der Waals surface area contributed by atoms with Gasteiger partial charge in [0, 0.05) is 28.2 Å². The van der Waals surface area contributed by atoms with Crippen LogP contribution in [-0.4, -0.2) is 37.6 Å². The van der Waals surface area contributed by atoms with Gasteiger partial charge in [0.1, 0.15) is 9.84 Å². The summed E-state index contributed by atoms with van der Waals surface area (Å²) in [6, 6.07) is 5.07. The van der Waals surface area contributed by atoms with Crippen LogP contribution in [0.4, 0.5) is 0 Å². The lowest BCUT2D eigenvalue weighted by atomic mass is 10.1. The molecule has 0 aromatic heterocycles. The van der Waals surface area contributed by atoms with Crippen LogP contribution in [-0.2, 0) is 9.84 Å². The number of hydrogen-bond donors (Lipinski definition) is 2. The molecule has 1 fully saturated rings. The number of halogens is 2. The fraction of sp³-hybridized carbons (Fsp3) is 0.538. The maximum atomic E-state index is 11.3. The van der Waals surface area contributed by atoms with Crippen LogP contribution in [0.2, 0.25) is 10.0 Å². The molecular formula is C13H17Cl2NO3S. The molecule has 0 saturated carbocycles. The summed E-state index contributed by atoms with van der Waals surface area (Å²) in [5.74, 6) is 0.414. The van der Waals surface area contributed by atoms with Gasteiger partial charge in [0.05, 0.1) is 17.6 Å². The van der Waals surface area contributed by atoms with Gasteiger partial charge in [-0.05, 0) is 31.0 Å². The summed E-state index contributed by atoms with van der Waals surface area (Å²) in [5.41, 5.74) is 0.579. The van der Waals surface area contributed by atoms with E-state index in [9.17, 15) is 13.5 Å². The minimum Gasteiger partial charge on any atom is -0.387 e. The van der Waals surface area contributed by atoms with Crippen LogP contribution in [0.5, 0.6) is 0 Å². The highest BCUT2D eigenvalue weighted by atomic mass is 35.5. The largest absolute Gasteiger partial charge is 0.387 e. The van der Waals surface area contributed by atoms with Crippen molar-refractivity contribution in [3.63, 3.8) is 0 Å². The molecule has 4 nitrogen and oxygen atoms in total. The summed E-state index contributed by atoms with van der Waals surface area (Å²) in [5, 5.41) is 14.3. The second-order valence-corrected chi connectivity index (χ2v) is 8.16. The molecule has 0 aliphatic carbocycles. The lowest BCUT2D eigenvalue weighted by Gasteiger charge is -2.24. The van der Waals surface area contributed by atoms with Crippen LogP contribution < -0.4 is 5.32 Å². The highest BCUT2D eigenvalue weighted by Crippen LogP contribution is 2.26. The minimum absolute atomic E-state index is 0.117. The van der Waals surface area contributed by atoms with Gasteiger partial charge in [0.15, 0.2) is 0 Å². The van der Waals surface area contributed by atoms with E-state index in [1.54, 1.807) is 18.2 Å². The number of nitrogens with one attached hydrogen (secondary N) is 1. The molecular weight excluding hydrogens is 321 g/mol. The average Bonchev–Trinajstić information content (AvgIpc) is 2.40. The second-order valence-electron chi connectivity index (χ2n) is 5.02. The van der Waals surface area contributed by atoms with Crippen LogP contribution in [0, 0.1) is 0 Å². The molecule has 1 aliphatic rings. The third-order valence-electron chi connectivity index (χ3n) is 3.47. The van der Waals surface area contributed by atoms with E-state index in [1.807, 2.05) is 0 Å². The maximum Gasteiger partial charge on any atom is 0.150 e. The molecule has 1 aromatic carbocycles. The summed E-state index contributed by atoms with van der Waals surface area (Å²) in [7, 11) is -2.86. The molecule has 1 aliphatic heterocycles. The Hall–Kier alpha value is -0.330. The van der Waals surface area contributed by atoms with Crippen molar-refractivity contribution in [2.45, 2.75) is 25.0 Å². The lowest BCUT2D eigenvalue weighted by molar-refractivity contribution is 0.169. The molecule has 20 heavy (non-hydrogen) atoms. The van der Waals surface area contributed by atoms with Gasteiger partial charge in [-0.3, -0.25) is 0 Å². The topological polar surface area (TPSA) is 66.4 Å². The Bertz CT molecular complexity index is 563. The first-order valence-electron chi connectivity index (χ1n) is 6.44. The van der Waals surface area contributed by atoms with Crippen molar-refractivity contribution in [2.24, 2.45) is 0 Å². The van der Waals surface area contributed by atoms with Crippen LogP contribution in [0.1, 0.15) is 24.5 Å². The normalized spacial score (nSPS) is 20.8. The zero-order valence-corrected chi connectivity index (χ0v) is 13.2. The van der Waals surface area contributed by atoms with E-state index >= 15 is 0 Å². The van der Waals surface area contributed by atoms with E-state index in [0.29, 0.717) is 35.0 Å². The molecule has 1 heterocycles. The van der Waals surface area contributed by atoms with Crippen molar-refractivity contribution in [2.75, 3.05) is 18.1 Å². The third-order valence-corrected chi connectivity index (χ3v) is 5.77. The summed E-state index contributed by atoms with van der Waals surface area (Å²) < 4.78 is 22.7. The minimum atomic E-state index is -2.86. The molecule has 1 atom stereocenters. The predicted molar refractivity (Wildman–Crippen MR) is 81.1 cm³/mol. The van der Waals surface area contributed by atoms with E-state index < -0.39 is 15.9 Å². The molecule has 1 unspecified atom stereocenters. The smallest absolute Gasteiger partial charge is 0.150 e. The summed E-state index contributed by atoms with van der Waals surface area (Å²) in [6.45, 7) is 0.324. The molecule has 0 bridgehead atoms. The first-order valence-corrected chi connectivity index (χ1v) is 9.02. The number of aliphatic hydroxyl groups excluding tert-OH is 1.